The van der Waals surface area contributed by atoms with Crippen molar-refractivity contribution < 1.29 is 9.59 Å². The molecule has 0 fully saturated rings. The highest BCUT2D eigenvalue weighted by molar-refractivity contribution is 6.12. The molecule has 0 aliphatic carbocycles. The van der Waals surface area contributed by atoms with Gasteiger partial charge in [-0.3, -0.25) is 9.59 Å². The first-order chi connectivity index (χ1) is 15.8. The van der Waals surface area contributed by atoms with Crippen LogP contribution in [0, 0.1) is 22.7 Å². The first kappa shape index (κ1) is 26.2. The van der Waals surface area contributed by atoms with E-state index >= 15 is 0 Å². The van der Waals surface area contributed by atoms with E-state index in [2.05, 4.69) is 77.6 Å². The van der Waals surface area contributed by atoms with Gasteiger partial charge in [-0.25, -0.2) is 0 Å². The van der Waals surface area contributed by atoms with Crippen molar-refractivity contribution >= 4 is 11.6 Å². The minimum absolute atomic E-state index is 0.0674. The molecule has 0 N–H and O–H groups in total. The number of ketones is 2. The summed E-state index contributed by atoms with van der Waals surface area (Å²) < 4.78 is 0. The summed E-state index contributed by atoms with van der Waals surface area (Å²) in [5.74, 6) is 1.23. The summed E-state index contributed by atoms with van der Waals surface area (Å²) in [6.07, 6.45) is 6.07. The Hall–Kier alpha value is -2.36. The molecule has 2 aliphatic heterocycles. The number of rotatable bonds is 8. The van der Waals surface area contributed by atoms with Crippen LogP contribution < -0.4 is 0 Å². The van der Waals surface area contributed by atoms with E-state index in [4.69, 9.17) is 0 Å². The average molecular weight is 465 g/mol. The van der Waals surface area contributed by atoms with Gasteiger partial charge in [-0.2, -0.15) is 0 Å². The van der Waals surface area contributed by atoms with Gasteiger partial charge in [0.2, 0.25) is 0 Å². The summed E-state index contributed by atoms with van der Waals surface area (Å²) in [4.78, 5) is 31.5. The fourth-order valence-electron chi connectivity index (χ4n) is 5.00. The Morgan fingerprint density at radius 1 is 0.706 bits per heavy atom. The maximum absolute atomic E-state index is 13.5. The summed E-state index contributed by atoms with van der Waals surface area (Å²) >= 11 is 0. The van der Waals surface area contributed by atoms with Crippen molar-refractivity contribution in [2.45, 2.75) is 68.2 Å². The lowest BCUT2D eigenvalue weighted by Crippen LogP contribution is -2.36. The van der Waals surface area contributed by atoms with Crippen LogP contribution in [0.15, 0.2) is 47.8 Å². The van der Waals surface area contributed by atoms with Gasteiger partial charge in [0.05, 0.1) is 0 Å². The van der Waals surface area contributed by atoms with E-state index in [-0.39, 0.29) is 22.4 Å². The second-order valence-corrected chi connectivity index (χ2v) is 12.4. The topological polar surface area (TPSA) is 40.6 Å². The fraction of sp³-hybridized carbons (Fsp3) is 0.600. The Balaban J connectivity index is 1.84. The van der Waals surface area contributed by atoms with Gasteiger partial charge in [-0.1, -0.05) is 79.7 Å². The minimum atomic E-state index is -0.157. The molecule has 0 atom stereocenters. The second kappa shape index (κ2) is 10.1. The molecular weight excluding hydrogens is 420 g/mol. The van der Waals surface area contributed by atoms with Crippen LogP contribution in [0.4, 0.5) is 0 Å². The Kier molecular flexibility index (Phi) is 7.79. The van der Waals surface area contributed by atoms with Gasteiger partial charge in [-0.05, 0) is 35.5 Å². The third kappa shape index (κ3) is 6.00. The number of allylic oxidation sites excluding steroid dienone is 2. The molecule has 0 amide bonds. The van der Waals surface area contributed by atoms with Crippen LogP contribution in [-0.2, 0) is 0 Å². The van der Waals surface area contributed by atoms with Gasteiger partial charge < -0.3 is 9.80 Å². The first-order valence-corrected chi connectivity index (χ1v) is 12.9. The zero-order valence-corrected chi connectivity index (χ0v) is 22.6. The van der Waals surface area contributed by atoms with Crippen LogP contribution in [0.25, 0.3) is 0 Å². The summed E-state index contributed by atoms with van der Waals surface area (Å²) in [5, 5.41) is 0. The first-order valence-electron chi connectivity index (χ1n) is 12.9. The molecule has 0 radical (unpaired) electrons. The lowest BCUT2D eigenvalue weighted by atomic mass is 9.75. The number of carbonyl (C=O) groups is 2. The van der Waals surface area contributed by atoms with Crippen molar-refractivity contribution in [3.05, 3.63) is 58.9 Å². The third-order valence-corrected chi connectivity index (χ3v) is 7.23. The summed E-state index contributed by atoms with van der Waals surface area (Å²) in [7, 11) is 0. The molecule has 34 heavy (non-hydrogen) atoms. The van der Waals surface area contributed by atoms with Crippen molar-refractivity contribution in [3.63, 3.8) is 0 Å². The van der Waals surface area contributed by atoms with E-state index < -0.39 is 0 Å². The molecule has 0 aromatic heterocycles. The molecule has 4 nitrogen and oxygen atoms in total. The Morgan fingerprint density at radius 3 is 1.32 bits per heavy atom. The van der Waals surface area contributed by atoms with Crippen LogP contribution in [0.3, 0.4) is 0 Å². The molecule has 0 saturated carbocycles. The van der Waals surface area contributed by atoms with Gasteiger partial charge >= 0.3 is 0 Å². The largest absolute Gasteiger partial charge is 0.377 e. The standard InChI is InChI=1S/C30H44N2O2/c1-21(2)17-31-15-13-29(5,6)25(19-31)27(33)23-9-11-24(12-10-23)28(34)26-20-32(18-22(3)4)16-14-30(26,7)8/h9-12,19-22H,13-18H2,1-8H3. The van der Waals surface area contributed by atoms with Crippen LogP contribution in [0.5, 0.6) is 0 Å². The number of hydrogen-bond acceptors (Lipinski definition) is 4. The number of nitrogens with zero attached hydrogens (tertiary/aromatic N) is 2. The lowest BCUT2D eigenvalue weighted by Gasteiger charge is -2.38. The van der Waals surface area contributed by atoms with Gasteiger partial charge in [-0.15, -0.1) is 0 Å². The summed E-state index contributed by atoms with van der Waals surface area (Å²) in [6, 6.07) is 7.32. The summed E-state index contributed by atoms with van der Waals surface area (Å²) in [6.45, 7) is 21.3. The van der Waals surface area contributed by atoms with E-state index in [9.17, 15) is 9.59 Å². The predicted octanol–water partition coefficient (Wildman–Crippen LogP) is 6.60. The fourth-order valence-corrected chi connectivity index (χ4v) is 5.00. The average Bonchev–Trinajstić information content (AvgIpc) is 2.74. The van der Waals surface area contributed by atoms with E-state index in [1.807, 2.05) is 24.3 Å². The van der Waals surface area contributed by atoms with Crippen molar-refractivity contribution in [3.8, 4) is 0 Å². The molecule has 3 rings (SSSR count). The Morgan fingerprint density at radius 2 is 1.03 bits per heavy atom. The van der Waals surface area contributed by atoms with Crippen molar-refractivity contribution in [1.29, 1.82) is 0 Å². The number of carbonyl (C=O) groups excluding carboxylic acids is 2. The van der Waals surface area contributed by atoms with Crippen LogP contribution in [0.1, 0.15) is 88.9 Å². The van der Waals surface area contributed by atoms with Crippen molar-refractivity contribution in [2.24, 2.45) is 22.7 Å². The van der Waals surface area contributed by atoms with Crippen LogP contribution >= 0.6 is 0 Å². The number of benzene rings is 1. The zero-order valence-electron chi connectivity index (χ0n) is 22.6. The predicted molar refractivity (Wildman–Crippen MR) is 141 cm³/mol. The molecule has 2 aliphatic rings. The van der Waals surface area contributed by atoms with Crippen molar-refractivity contribution in [2.75, 3.05) is 26.2 Å². The Bertz CT molecular complexity index is 885. The van der Waals surface area contributed by atoms with Gasteiger partial charge in [0.15, 0.2) is 11.6 Å². The molecule has 4 heteroatoms. The molecule has 2 heterocycles. The van der Waals surface area contributed by atoms with Gasteiger partial charge in [0.25, 0.3) is 0 Å². The van der Waals surface area contributed by atoms with Crippen LogP contribution in [0.2, 0.25) is 0 Å². The zero-order chi connectivity index (χ0) is 25.3. The van der Waals surface area contributed by atoms with Gasteiger partial charge in [0.1, 0.15) is 0 Å². The third-order valence-electron chi connectivity index (χ3n) is 7.23. The molecule has 0 spiro atoms. The van der Waals surface area contributed by atoms with Gasteiger partial charge in [0, 0.05) is 60.9 Å². The molecule has 1 aromatic rings. The molecule has 0 bridgehead atoms. The molecule has 0 saturated heterocycles. The summed E-state index contributed by atoms with van der Waals surface area (Å²) in [5.41, 5.74) is 2.71. The smallest absolute Gasteiger partial charge is 0.191 e. The molecule has 1 aromatic carbocycles. The SMILES string of the molecule is CC(C)CN1C=C(C(=O)c2ccc(C(=O)C3=CN(CC(C)C)CCC3(C)C)cc2)C(C)(C)CC1. The number of Topliss-reactive ketones (excluding diaryl/α,β-unsaturated/α-hetero) is 2. The van der Waals surface area contributed by atoms with E-state index in [1.54, 1.807) is 0 Å². The number of hydrogen-bond donors (Lipinski definition) is 0. The van der Waals surface area contributed by atoms with Crippen molar-refractivity contribution in [1.82, 2.24) is 9.80 Å². The second-order valence-electron chi connectivity index (χ2n) is 12.4. The highest BCUT2D eigenvalue weighted by Crippen LogP contribution is 2.38. The Labute approximate surface area is 207 Å². The van der Waals surface area contributed by atoms with E-state index in [0.717, 1.165) is 50.2 Å². The molecule has 0 unspecified atom stereocenters. The van der Waals surface area contributed by atoms with Crippen LogP contribution in [-0.4, -0.2) is 47.5 Å². The van der Waals surface area contributed by atoms with E-state index in [1.165, 1.54) is 0 Å². The monoisotopic (exact) mass is 464 g/mol. The lowest BCUT2D eigenvalue weighted by molar-refractivity contribution is 0.0974. The highest BCUT2D eigenvalue weighted by atomic mass is 16.1. The quantitative estimate of drug-likeness (QED) is 0.407. The van der Waals surface area contributed by atoms with E-state index in [0.29, 0.717) is 23.0 Å². The molecular formula is C30H44N2O2. The maximum Gasteiger partial charge on any atom is 0.191 e. The minimum Gasteiger partial charge on any atom is -0.377 e. The maximum atomic E-state index is 13.5. The highest BCUT2D eigenvalue weighted by Gasteiger charge is 2.35. The molecule has 186 valence electrons. The normalized spacial score (nSPS) is 19.8.